The summed E-state index contributed by atoms with van der Waals surface area (Å²) in [7, 11) is 0. The molecular formula is C28H31N3O4. The molecule has 0 spiro atoms. The number of Topliss-reactive ketones (excluding diaryl/α,β-unsaturated/α-hetero) is 1. The van der Waals surface area contributed by atoms with Crippen molar-refractivity contribution < 1.29 is 14.3 Å². The number of hydrogen-bond acceptors (Lipinski definition) is 5. The molecule has 0 saturated carbocycles. The predicted molar refractivity (Wildman–Crippen MR) is 134 cm³/mol. The molecule has 1 fully saturated rings. The van der Waals surface area contributed by atoms with Crippen LogP contribution in [0.4, 0.5) is 0 Å². The van der Waals surface area contributed by atoms with Crippen molar-refractivity contribution in [2.24, 2.45) is 11.7 Å². The summed E-state index contributed by atoms with van der Waals surface area (Å²) in [6, 6.07) is 20.4. The van der Waals surface area contributed by atoms with Crippen molar-refractivity contribution in [3.05, 3.63) is 100.0 Å². The van der Waals surface area contributed by atoms with Gasteiger partial charge in [0.25, 0.3) is 5.56 Å². The lowest BCUT2D eigenvalue weighted by Crippen LogP contribution is -2.34. The van der Waals surface area contributed by atoms with Gasteiger partial charge in [0.05, 0.1) is 6.54 Å². The van der Waals surface area contributed by atoms with Crippen molar-refractivity contribution in [3.63, 3.8) is 0 Å². The number of nitrogens with two attached hydrogens (primary N) is 1. The fourth-order valence-electron chi connectivity index (χ4n) is 4.38. The van der Waals surface area contributed by atoms with Gasteiger partial charge in [-0.3, -0.25) is 19.3 Å². The highest BCUT2D eigenvalue weighted by atomic mass is 16.5. The van der Waals surface area contributed by atoms with E-state index in [-0.39, 0.29) is 23.8 Å². The van der Waals surface area contributed by atoms with E-state index >= 15 is 0 Å². The van der Waals surface area contributed by atoms with Crippen LogP contribution in [0.15, 0.2) is 77.7 Å². The van der Waals surface area contributed by atoms with Crippen molar-refractivity contribution in [2.75, 3.05) is 13.1 Å². The van der Waals surface area contributed by atoms with E-state index in [1.807, 2.05) is 54.6 Å². The van der Waals surface area contributed by atoms with Crippen molar-refractivity contribution in [2.45, 2.75) is 39.0 Å². The highest BCUT2D eigenvalue weighted by Crippen LogP contribution is 2.21. The summed E-state index contributed by atoms with van der Waals surface area (Å²) < 4.78 is 7.08. The Kier molecular flexibility index (Phi) is 8.11. The molecule has 7 heteroatoms. The molecule has 3 aromatic rings. The minimum absolute atomic E-state index is 0.0233. The molecule has 1 aliphatic heterocycles. The molecular weight excluding hydrogens is 442 g/mol. The maximum atomic E-state index is 12.7. The van der Waals surface area contributed by atoms with Crippen molar-refractivity contribution in [3.8, 4) is 5.75 Å². The van der Waals surface area contributed by atoms with Crippen LogP contribution in [0.2, 0.25) is 0 Å². The van der Waals surface area contributed by atoms with Gasteiger partial charge in [0, 0.05) is 30.8 Å². The summed E-state index contributed by atoms with van der Waals surface area (Å²) in [6.45, 7) is 3.03. The molecule has 182 valence electrons. The number of pyridine rings is 1. The number of carbonyl (C=O) groups is 2. The molecule has 0 radical (unpaired) electrons. The predicted octanol–water partition coefficient (Wildman–Crippen LogP) is 3.40. The number of hydrogen-bond donors (Lipinski definition) is 1. The summed E-state index contributed by atoms with van der Waals surface area (Å²) >= 11 is 0. The van der Waals surface area contributed by atoms with Crippen molar-refractivity contribution >= 4 is 11.7 Å². The van der Waals surface area contributed by atoms with Gasteiger partial charge in [-0.1, -0.05) is 54.6 Å². The van der Waals surface area contributed by atoms with Crippen LogP contribution in [0.5, 0.6) is 5.75 Å². The average Bonchev–Trinajstić information content (AvgIpc) is 2.86. The third-order valence-electron chi connectivity index (χ3n) is 6.41. The first-order valence-corrected chi connectivity index (χ1v) is 12.0. The third-order valence-corrected chi connectivity index (χ3v) is 6.41. The SMILES string of the molecule is NC(=O)CC1CCN(Cc2ccc(C(=O)Cn3ccc(OCc4ccccc4)cc3=O)cc2)CC1. The number of nitrogens with zero attached hydrogens (tertiary/aromatic N) is 2. The molecule has 1 amide bonds. The fraction of sp³-hybridized carbons (Fsp3) is 0.321. The first-order valence-electron chi connectivity index (χ1n) is 12.0. The molecule has 4 rings (SSSR count). The van der Waals surface area contributed by atoms with Gasteiger partial charge in [0.2, 0.25) is 5.91 Å². The average molecular weight is 474 g/mol. The Hall–Kier alpha value is -3.71. The zero-order chi connectivity index (χ0) is 24.6. The maximum absolute atomic E-state index is 12.7. The van der Waals surface area contributed by atoms with Crippen LogP contribution < -0.4 is 16.0 Å². The Balaban J connectivity index is 1.28. The van der Waals surface area contributed by atoms with E-state index in [0.29, 0.717) is 30.3 Å². The van der Waals surface area contributed by atoms with Gasteiger partial charge in [0.15, 0.2) is 5.78 Å². The van der Waals surface area contributed by atoms with Crippen LogP contribution in [-0.2, 0) is 24.5 Å². The number of piperidine rings is 1. The summed E-state index contributed by atoms with van der Waals surface area (Å²) in [5.74, 6) is 0.518. The van der Waals surface area contributed by atoms with Crippen molar-refractivity contribution in [1.29, 1.82) is 0 Å². The van der Waals surface area contributed by atoms with Gasteiger partial charge < -0.3 is 15.0 Å². The zero-order valence-electron chi connectivity index (χ0n) is 19.8. The Bertz CT molecular complexity index is 1200. The molecule has 0 unspecified atom stereocenters. The lowest BCUT2D eigenvalue weighted by Gasteiger charge is -2.31. The molecule has 35 heavy (non-hydrogen) atoms. The van der Waals surface area contributed by atoms with Gasteiger partial charge >= 0.3 is 0 Å². The first-order chi connectivity index (χ1) is 17.0. The van der Waals surface area contributed by atoms with Gasteiger partial charge in [-0.25, -0.2) is 0 Å². The Labute approximate surface area is 205 Å². The van der Waals surface area contributed by atoms with Gasteiger partial charge in [-0.15, -0.1) is 0 Å². The van der Waals surface area contributed by atoms with E-state index in [0.717, 1.165) is 43.6 Å². The van der Waals surface area contributed by atoms with E-state index in [1.54, 1.807) is 12.3 Å². The Morgan fingerprint density at radius 3 is 2.31 bits per heavy atom. The molecule has 1 saturated heterocycles. The van der Waals surface area contributed by atoms with Crippen LogP contribution in [0.1, 0.15) is 40.7 Å². The number of aromatic nitrogens is 1. The van der Waals surface area contributed by atoms with Gasteiger partial charge in [0.1, 0.15) is 12.4 Å². The smallest absolute Gasteiger partial charge is 0.254 e. The van der Waals surface area contributed by atoms with E-state index in [1.165, 1.54) is 10.6 Å². The highest BCUT2D eigenvalue weighted by Gasteiger charge is 2.20. The largest absolute Gasteiger partial charge is 0.489 e. The second-order valence-electron chi connectivity index (χ2n) is 9.11. The number of carbonyl (C=O) groups excluding carboxylic acids is 2. The quantitative estimate of drug-likeness (QED) is 0.456. The molecule has 2 N–H and O–H groups in total. The molecule has 0 atom stereocenters. The Morgan fingerprint density at radius 2 is 1.66 bits per heavy atom. The summed E-state index contributed by atoms with van der Waals surface area (Å²) in [6.07, 6.45) is 4.02. The summed E-state index contributed by atoms with van der Waals surface area (Å²) in [4.78, 5) is 38.7. The molecule has 0 bridgehead atoms. The molecule has 7 nitrogen and oxygen atoms in total. The minimum Gasteiger partial charge on any atom is -0.489 e. The number of benzene rings is 2. The minimum atomic E-state index is -0.278. The molecule has 1 aromatic heterocycles. The molecule has 2 aromatic carbocycles. The fourth-order valence-corrected chi connectivity index (χ4v) is 4.38. The number of primary amides is 1. The molecule has 1 aliphatic rings. The van der Waals surface area contributed by atoms with Crippen LogP contribution >= 0.6 is 0 Å². The lowest BCUT2D eigenvalue weighted by molar-refractivity contribution is -0.119. The van der Waals surface area contributed by atoms with E-state index in [4.69, 9.17) is 10.5 Å². The Morgan fingerprint density at radius 1 is 0.943 bits per heavy atom. The third kappa shape index (κ3) is 7.13. The number of likely N-dealkylation sites (tertiary alicyclic amines) is 1. The standard InChI is InChI=1S/C28H31N3O4/c29-27(33)16-21-10-13-30(14-11-21)18-22-6-8-24(9-7-22)26(32)19-31-15-12-25(17-28(31)34)35-20-23-4-2-1-3-5-23/h1-9,12,15,17,21H,10-11,13-14,16,18-20H2,(H2,29,33). The van der Waals surface area contributed by atoms with E-state index in [2.05, 4.69) is 4.90 Å². The second-order valence-corrected chi connectivity index (χ2v) is 9.11. The second kappa shape index (κ2) is 11.6. The van der Waals surface area contributed by atoms with Crippen LogP contribution in [-0.4, -0.2) is 34.2 Å². The van der Waals surface area contributed by atoms with Crippen LogP contribution in [0, 0.1) is 5.92 Å². The monoisotopic (exact) mass is 473 g/mol. The molecule has 2 heterocycles. The lowest BCUT2D eigenvalue weighted by atomic mass is 9.93. The van der Waals surface area contributed by atoms with Crippen LogP contribution in [0.25, 0.3) is 0 Å². The van der Waals surface area contributed by atoms with E-state index < -0.39 is 0 Å². The maximum Gasteiger partial charge on any atom is 0.254 e. The number of ketones is 1. The summed E-state index contributed by atoms with van der Waals surface area (Å²) in [5.41, 5.74) is 7.76. The summed E-state index contributed by atoms with van der Waals surface area (Å²) in [5, 5.41) is 0. The normalized spacial score (nSPS) is 14.5. The molecule has 0 aliphatic carbocycles. The van der Waals surface area contributed by atoms with E-state index in [9.17, 15) is 14.4 Å². The van der Waals surface area contributed by atoms with Crippen LogP contribution in [0.3, 0.4) is 0 Å². The number of rotatable bonds is 10. The van der Waals surface area contributed by atoms with Gasteiger partial charge in [-0.2, -0.15) is 0 Å². The topological polar surface area (TPSA) is 94.6 Å². The highest BCUT2D eigenvalue weighted by molar-refractivity contribution is 5.95. The van der Waals surface area contributed by atoms with Crippen molar-refractivity contribution in [1.82, 2.24) is 9.47 Å². The van der Waals surface area contributed by atoms with Gasteiger partial charge in [-0.05, 0) is 49.0 Å². The number of ether oxygens (including phenoxy) is 1. The number of amides is 1. The first kappa shape index (κ1) is 24.4. The zero-order valence-corrected chi connectivity index (χ0v) is 19.8.